The summed E-state index contributed by atoms with van der Waals surface area (Å²) in [5.41, 5.74) is 0. The lowest BCUT2D eigenvalue weighted by atomic mass is 9.95. The number of carbonyl (C=O) groups excluding carboxylic acids is 4. The van der Waals surface area contributed by atoms with Crippen molar-refractivity contribution < 1.29 is 19.2 Å². The summed E-state index contributed by atoms with van der Waals surface area (Å²) in [6, 6.07) is -2.10. The van der Waals surface area contributed by atoms with Gasteiger partial charge in [-0.25, -0.2) is 0 Å². The highest BCUT2D eigenvalue weighted by molar-refractivity contribution is 5.94. The smallest absolute Gasteiger partial charge is 0.245 e. The molecule has 2 N–H and O–H groups in total. The van der Waals surface area contributed by atoms with Crippen molar-refractivity contribution in [3.05, 3.63) is 0 Å². The maximum absolute atomic E-state index is 13.1. The summed E-state index contributed by atoms with van der Waals surface area (Å²) in [4.78, 5) is 53.5. The first kappa shape index (κ1) is 25.9. The van der Waals surface area contributed by atoms with Gasteiger partial charge in [-0.1, -0.05) is 34.1 Å². The number of nitrogens with zero attached hydrogens (tertiary/aromatic N) is 2. The first-order valence-corrected chi connectivity index (χ1v) is 11.1. The predicted molar refractivity (Wildman–Crippen MR) is 116 cm³/mol. The van der Waals surface area contributed by atoms with Gasteiger partial charge < -0.3 is 20.4 Å². The van der Waals surface area contributed by atoms with E-state index in [0.29, 0.717) is 0 Å². The van der Waals surface area contributed by atoms with Crippen LogP contribution in [0.4, 0.5) is 0 Å². The van der Waals surface area contributed by atoms with Gasteiger partial charge in [0.2, 0.25) is 23.6 Å². The third-order valence-corrected chi connectivity index (χ3v) is 6.15. The minimum Gasteiger partial charge on any atom is -0.342 e. The average Bonchev–Trinajstić information content (AvgIpc) is 2.73. The van der Waals surface area contributed by atoms with Crippen molar-refractivity contribution in [3.63, 3.8) is 0 Å². The van der Waals surface area contributed by atoms with Crippen molar-refractivity contribution in [2.45, 2.75) is 85.4 Å². The van der Waals surface area contributed by atoms with Crippen LogP contribution in [0.5, 0.6) is 0 Å². The Hall–Kier alpha value is -2.12. The second-order valence-electron chi connectivity index (χ2n) is 8.79. The highest BCUT2D eigenvalue weighted by Gasteiger charge is 2.34. The number of hydrogen-bond acceptors (Lipinski definition) is 4. The maximum Gasteiger partial charge on any atom is 0.245 e. The molecule has 0 aromatic carbocycles. The molecule has 0 radical (unpaired) electrons. The Bertz CT molecular complexity index is 616. The standard InChI is InChI=1S/C22H40N4O4/c1-8-15(4)19(22(30)26-12-10-9-11-13-26)24-21(29)18(14(2)3)23-20(28)16(5)25(7)17(6)27/h14-16,18-19H,8-13H2,1-7H3,(H,23,28)(H,24,29)/t15-,16-,18?,19-/m0/s1. The second-order valence-corrected chi connectivity index (χ2v) is 8.79. The van der Waals surface area contributed by atoms with Crippen molar-refractivity contribution in [2.24, 2.45) is 11.8 Å². The SMILES string of the molecule is CC[C@H](C)[C@H](NC(=O)C(NC(=O)[C@H](C)N(C)C(C)=O)C(C)C)C(=O)N1CCCCC1. The third-order valence-electron chi connectivity index (χ3n) is 6.15. The lowest BCUT2D eigenvalue weighted by Gasteiger charge is -2.34. The van der Waals surface area contributed by atoms with Crippen LogP contribution in [0.15, 0.2) is 0 Å². The molecule has 30 heavy (non-hydrogen) atoms. The zero-order valence-electron chi connectivity index (χ0n) is 19.7. The topological polar surface area (TPSA) is 98.8 Å². The molecule has 172 valence electrons. The number of piperidine rings is 1. The van der Waals surface area contributed by atoms with Crippen molar-refractivity contribution >= 4 is 23.6 Å². The fraction of sp³-hybridized carbons (Fsp3) is 0.818. The van der Waals surface area contributed by atoms with E-state index in [1.165, 1.54) is 11.8 Å². The Labute approximate surface area is 181 Å². The Morgan fingerprint density at radius 1 is 0.900 bits per heavy atom. The van der Waals surface area contributed by atoms with Gasteiger partial charge >= 0.3 is 0 Å². The van der Waals surface area contributed by atoms with Crippen LogP contribution in [0.2, 0.25) is 0 Å². The van der Waals surface area contributed by atoms with E-state index in [1.807, 2.05) is 32.6 Å². The van der Waals surface area contributed by atoms with Crippen LogP contribution in [-0.2, 0) is 19.2 Å². The van der Waals surface area contributed by atoms with Gasteiger partial charge in [0.05, 0.1) is 0 Å². The minimum absolute atomic E-state index is 0.0188. The van der Waals surface area contributed by atoms with Crippen LogP contribution >= 0.6 is 0 Å². The number of likely N-dealkylation sites (tertiary alicyclic amines) is 1. The third kappa shape index (κ3) is 6.99. The van der Waals surface area contributed by atoms with Gasteiger partial charge in [-0.15, -0.1) is 0 Å². The molecule has 0 aromatic rings. The van der Waals surface area contributed by atoms with E-state index in [4.69, 9.17) is 0 Å². The summed E-state index contributed by atoms with van der Waals surface area (Å²) in [5, 5.41) is 5.68. The van der Waals surface area contributed by atoms with E-state index in [0.717, 1.165) is 38.8 Å². The van der Waals surface area contributed by atoms with Gasteiger partial charge in [-0.05, 0) is 38.0 Å². The average molecular weight is 425 g/mol. The molecule has 0 spiro atoms. The molecule has 1 fully saturated rings. The van der Waals surface area contributed by atoms with E-state index < -0.39 is 24.0 Å². The van der Waals surface area contributed by atoms with E-state index >= 15 is 0 Å². The monoisotopic (exact) mass is 424 g/mol. The summed E-state index contributed by atoms with van der Waals surface area (Å²) in [5.74, 6) is -1.24. The van der Waals surface area contributed by atoms with E-state index in [1.54, 1.807) is 14.0 Å². The summed E-state index contributed by atoms with van der Waals surface area (Å²) < 4.78 is 0. The first-order valence-electron chi connectivity index (χ1n) is 11.1. The molecule has 0 bridgehead atoms. The van der Waals surface area contributed by atoms with Crippen LogP contribution in [0.3, 0.4) is 0 Å². The highest BCUT2D eigenvalue weighted by Crippen LogP contribution is 2.16. The van der Waals surface area contributed by atoms with Gasteiger partial charge in [-0.2, -0.15) is 0 Å². The molecule has 8 heteroatoms. The number of hydrogen-bond donors (Lipinski definition) is 2. The summed E-state index contributed by atoms with van der Waals surface area (Å²) in [6.07, 6.45) is 3.85. The molecule has 0 aromatic heterocycles. The fourth-order valence-corrected chi connectivity index (χ4v) is 3.49. The summed E-state index contributed by atoms with van der Waals surface area (Å²) in [7, 11) is 1.55. The fourth-order valence-electron chi connectivity index (χ4n) is 3.49. The molecule has 1 heterocycles. The van der Waals surface area contributed by atoms with Gasteiger partial charge in [0.25, 0.3) is 0 Å². The highest BCUT2D eigenvalue weighted by atomic mass is 16.2. The van der Waals surface area contributed by atoms with Crippen LogP contribution in [0.25, 0.3) is 0 Å². The molecule has 1 aliphatic heterocycles. The summed E-state index contributed by atoms with van der Waals surface area (Å²) in [6.45, 7) is 12.1. The van der Waals surface area contributed by atoms with Crippen molar-refractivity contribution in [1.29, 1.82) is 0 Å². The van der Waals surface area contributed by atoms with Crippen LogP contribution in [-0.4, -0.2) is 71.7 Å². The van der Waals surface area contributed by atoms with Crippen molar-refractivity contribution in [3.8, 4) is 0 Å². The van der Waals surface area contributed by atoms with Crippen LogP contribution in [0.1, 0.15) is 67.2 Å². The van der Waals surface area contributed by atoms with Gasteiger partial charge in [0.15, 0.2) is 0 Å². The van der Waals surface area contributed by atoms with Gasteiger partial charge in [-0.3, -0.25) is 19.2 Å². The van der Waals surface area contributed by atoms with Crippen LogP contribution < -0.4 is 10.6 Å². The summed E-state index contributed by atoms with van der Waals surface area (Å²) >= 11 is 0. The second kappa shape index (κ2) is 11.9. The molecular weight excluding hydrogens is 384 g/mol. The molecule has 1 aliphatic rings. The molecule has 0 saturated carbocycles. The lowest BCUT2D eigenvalue weighted by Crippen LogP contribution is -2.59. The Balaban J connectivity index is 2.92. The predicted octanol–water partition coefficient (Wildman–Crippen LogP) is 1.54. The van der Waals surface area contributed by atoms with Gasteiger partial charge in [0.1, 0.15) is 18.1 Å². The lowest BCUT2D eigenvalue weighted by molar-refractivity contribution is -0.141. The molecule has 8 nitrogen and oxygen atoms in total. The van der Waals surface area contributed by atoms with Crippen molar-refractivity contribution in [2.75, 3.05) is 20.1 Å². The Morgan fingerprint density at radius 2 is 1.43 bits per heavy atom. The number of likely N-dealkylation sites (N-methyl/N-ethyl adjacent to an activating group) is 1. The van der Waals surface area contributed by atoms with Crippen molar-refractivity contribution in [1.82, 2.24) is 20.4 Å². The Kier molecular flexibility index (Phi) is 10.3. The van der Waals surface area contributed by atoms with Crippen LogP contribution in [0, 0.1) is 11.8 Å². The zero-order valence-corrected chi connectivity index (χ0v) is 19.7. The molecule has 4 amide bonds. The molecular formula is C22H40N4O4. The number of carbonyl (C=O) groups is 4. The van der Waals surface area contributed by atoms with Gasteiger partial charge in [0, 0.05) is 27.1 Å². The van der Waals surface area contributed by atoms with E-state index in [2.05, 4.69) is 10.6 Å². The molecule has 1 rings (SSSR count). The number of nitrogens with one attached hydrogen (secondary N) is 2. The first-order chi connectivity index (χ1) is 14.0. The number of rotatable bonds is 9. The van der Waals surface area contributed by atoms with E-state index in [9.17, 15) is 19.2 Å². The largest absolute Gasteiger partial charge is 0.342 e. The minimum atomic E-state index is -0.791. The molecule has 1 unspecified atom stereocenters. The maximum atomic E-state index is 13.1. The normalized spacial score (nSPS) is 18.2. The molecule has 1 saturated heterocycles. The molecule has 0 aliphatic carbocycles. The molecule has 4 atom stereocenters. The van der Waals surface area contributed by atoms with E-state index in [-0.39, 0.29) is 29.6 Å². The zero-order chi connectivity index (χ0) is 23.0. The number of amides is 4. The Morgan fingerprint density at radius 3 is 1.90 bits per heavy atom. The quantitative estimate of drug-likeness (QED) is 0.586.